The maximum Gasteiger partial charge on any atom is 0.119 e. The van der Waals surface area contributed by atoms with Gasteiger partial charge in [-0.1, -0.05) is 40.2 Å². The van der Waals surface area contributed by atoms with Crippen molar-refractivity contribution in [1.82, 2.24) is 5.32 Å². The Balaban J connectivity index is 1.55. The zero-order valence-corrected chi connectivity index (χ0v) is 12.2. The molecule has 19 heavy (non-hydrogen) atoms. The topological polar surface area (TPSA) is 21.3 Å². The van der Waals surface area contributed by atoms with Gasteiger partial charge in [-0.3, -0.25) is 0 Å². The number of nitrogens with one attached hydrogen (secondary N) is 1. The van der Waals surface area contributed by atoms with Crippen LogP contribution in [0.15, 0.2) is 53.0 Å². The minimum Gasteiger partial charge on any atom is -0.494 e. The Morgan fingerprint density at radius 2 is 1.89 bits per heavy atom. The second-order valence-corrected chi connectivity index (χ2v) is 5.64. The summed E-state index contributed by atoms with van der Waals surface area (Å²) in [7, 11) is 0. The molecule has 2 aromatic rings. The maximum absolute atomic E-state index is 5.78. The molecular formula is C16H16BrNO. The van der Waals surface area contributed by atoms with Crippen LogP contribution in [0.4, 0.5) is 0 Å². The van der Waals surface area contributed by atoms with E-state index < -0.39 is 0 Å². The highest BCUT2D eigenvalue weighted by molar-refractivity contribution is 9.10. The largest absolute Gasteiger partial charge is 0.494 e. The van der Waals surface area contributed by atoms with E-state index in [1.807, 2.05) is 24.3 Å². The van der Waals surface area contributed by atoms with E-state index >= 15 is 0 Å². The average molecular weight is 318 g/mol. The maximum atomic E-state index is 5.78. The molecule has 0 aromatic heterocycles. The summed E-state index contributed by atoms with van der Waals surface area (Å²) in [6.07, 6.45) is 0.993. The van der Waals surface area contributed by atoms with Crippen molar-refractivity contribution in [3.63, 3.8) is 0 Å². The third-order valence-corrected chi connectivity index (χ3v) is 3.99. The normalized spacial score (nSPS) is 17.2. The Morgan fingerprint density at radius 3 is 2.74 bits per heavy atom. The summed E-state index contributed by atoms with van der Waals surface area (Å²) < 4.78 is 6.85. The van der Waals surface area contributed by atoms with Gasteiger partial charge in [0.05, 0.1) is 6.61 Å². The fraction of sp³-hybridized carbons (Fsp3) is 0.250. The van der Waals surface area contributed by atoms with Crippen LogP contribution in [-0.4, -0.2) is 6.61 Å². The summed E-state index contributed by atoms with van der Waals surface area (Å²) in [5.41, 5.74) is 2.83. The molecule has 0 amide bonds. The molecule has 0 aliphatic carbocycles. The predicted molar refractivity (Wildman–Crippen MR) is 80.3 cm³/mol. The lowest BCUT2D eigenvalue weighted by atomic mass is 10.0. The van der Waals surface area contributed by atoms with Gasteiger partial charge in [0.1, 0.15) is 5.75 Å². The summed E-state index contributed by atoms with van der Waals surface area (Å²) in [6.45, 7) is 1.70. The van der Waals surface area contributed by atoms with Gasteiger partial charge < -0.3 is 10.1 Å². The molecule has 1 aliphatic rings. The summed E-state index contributed by atoms with van der Waals surface area (Å²) in [5.74, 6) is 0.925. The van der Waals surface area contributed by atoms with Gasteiger partial charge in [0.25, 0.3) is 0 Å². The molecule has 0 saturated carbocycles. The number of rotatable bonds is 4. The second-order valence-electron chi connectivity index (χ2n) is 4.72. The molecule has 0 saturated heterocycles. The third kappa shape index (κ3) is 2.99. The van der Waals surface area contributed by atoms with E-state index in [2.05, 4.69) is 45.5 Å². The van der Waals surface area contributed by atoms with Crippen LogP contribution in [0, 0.1) is 0 Å². The molecule has 1 heterocycles. The highest BCUT2D eigenvalue weighted by atomic mass is 79.9. The van der Waals surface area contributed by atoms with E-state index in [4.69, 9.17) is 4.74 Å². The van der Waals surface area contributed by atoms with Gasteiger partial charge in [0.15, 0.2) is 0 Å². The van der Waals surface area contributed by atoms with Crippen LogP contribution in [0.2, 0.25) is 0 Å². The molecule has 2 aromatic carbocycles. The zero-order valence-electron chi connectivity index (χ0n) is 10.6. The third-order valence-electron chi connectivity index (χ3n) is 3.46. The van der Waals surface area contributed by atoms with Crippen LogP contribution >= 0.6 is 15.9 Å². The molecule has 98 valence electrons. The molecule has 1 N–H and O–H groups in total. The number of fused-ring (bicyclic) bond motifs is 1. The number of hydrogen-bond donors (Lipinski definition) is 1. The van der Waals surface area contributed by atoms with Crippen molar-refractivity contribution in [2.45, 2.75) is 19.0 Å². The molecular weight excluding hydrogens is 302 g/mol. The molecule has 0 radical (unpaired) electrons. The number of benzene rings is 2. The first-order valence-electron chi connectivity index (χ1n) is 6.52. The highest BCUT2D eigenvalue weighted by Gasteiger charge is 2.20. The fourth-order valence-corrected chi connectivity index (χ4v) is 2.73. The Hall–Kier alpha value is -1.32. The molecule has 0 fully saturated rings. The summed E-state index contributed by atoms with van der Waals surface area (Å²) in [4.78, 5) is 0. The zero-order chi connectivity index (χ0) is 13.1. The van der Waals surface area contributed by atoms with E-state index in [9.17, 15) is 0 Å². The van der Waals surface area contributed by atoms with Crippen molar-refractivity contribution >= 4 is 15.9 Å². The lowest BCUT2D eigenvalue weighted by Crippen LogP contribution is -2.15. The van der Waals surface area contributed by atoms with Crippen LogP contribution in [0.25, 0.3) is 0 Å². The molecule has 0 bridgehead atoms. The average Bonchev–Trinajstić information content (AvgIpc) is 2.85. The molecule has 2 nitrogen and oxygen atoms in total. The van der Waals surface area contributed by atoms with Gasteiger partial charge in [-0.05, 0) is 35.4 Å². The van der Waals surface area contributed by atoms with E-state index in [0.29, 0.717) is 6.04 Å². The first-order chi connectivity index (χ1) is 9.33. The van der Waals surface area contributed by atoms with Gasteiger partial charge in [-0.2, -0.15) is 0 Å². The Bertz CT molecular complexity index is 553. The van der Waals surface area contributed by atoms with E-state index in [1.54, 1.807) is 0 Å². The minimum absolute atomic E-state index is 0.423. The lowest BCUT2D eigenvalue weighted by molar-refractivity contribution is 0.290. The van der Waals surface area contributed by atoms with Crippen molar-refractivity contribution in [2.24, 2.45) is 0 Å². The Kier molecular flexibility index (Phi) is 3.85. The van der Waals surface area contributed by atoms with Gasteiger partial charge in [-0.25, -0.2) is 0 Å². The summed E-state index contributed by atoms with van der Waals surface area (Å²) in [6, 6.07) is 17.0. The quantitative estimate of drug-likeness (QED) is 0.918. The predicted octanol–water partition coefficient (Wildman–Crippen LogP) is 4.06. The van der Waals surface area contributed by atoms with Crippen molar-refractivity contribution < 1.29 is 4.74 Å². The molecule has 1 unspecified atom stereocenters. The standard InChI is InChI=1S/C16H16BrNO/c17-13-5-7-14(8-6-13)19-10-9-16-15-4-2-1-3-12(15)11-18-16/h1-8,16,18H,9-11H2. The minimum atomic E-state index is 0.423. The van der Waals surface area contributed by atoms with Gasteiger partial charge >= 0.3 is 0 Å². The van der Waals surface area contributed by atoms with Crippen molar-refractivity contribution in [1.29, 1.82) is 0 Å². The Labute approximate surface area is 121 Å². The van der Waals surface area contributed by atoms with E-state index in [0.717, 1.165) is 29.8 Å². The summed E-state index contributed by atoms with van der Waals surface area (Å²) >= 11 is 3.42. The number of hydrogen-bond acceptors (Lipinski definition) is 2. The fourth-order valence-electron chi connectivity index (χ4n) is 2.46. The lowest BCUT2D eigenvalue weighted by Gasteiger charge is -2.13. The summed E-state index contributed by atoms with van der Waals surface area (Å²) in [5, 5.41) is 3.53. The SMILES string of the molecule is Brc1ccc(OCCC2NCc3ccccc32)cc1. The molecule has 3 heteroatoms. The number of ether oxygens (including phenoxy) is 1. The van der Waals surface area contributed by atoms with Crippen molar-refractivity contribution in [3.05, 3.63) is 64.1 Å². The van der Waals surface area contributed by atoms with Crippen LogP contribution in [0.5, 0.6) is 5.75 Å². The Morgan fingerprint density at radius 1 is 1.11 bits per heavy atom. The monoisotopic (exact) mass is 317 g/mol. The second kappa shape index (κ2) is 5.76. The molecule has 3 rings (SSSR count). The van der Waals surface area contributed by atoms with E-state index in [-0.39, 0.29) is 0 Å². The molecule has 1 atom stereocenters. The van der Waals surface area contributed by atoms with Crippen LogP contribution in [0.3, 0.4) is 0 Å². The highest BCUT2D eigenvalue weighted by Crippen LogP contribution is 2.27. The van der Waals surface area contributed by atoms with Gasteiger partial charge in [0, 0.05) is 23.5 Å². The van der Waals surface area contributed by atoms with Crippen molar-refractivity contribution in [2.75, 3.05) is 6.61 Å². The van der Waals surface area contributed by atoms with E-state index in [1.165, 1.54) is 11.1 Å². The molecule has 1 aliphatic heterocycles. The molecule has 0 spiro atoms. The van der Waals surface area contributed by atoms with Crippen LogP contribution in [0.1, 0.15) is 23.6 Å². The van der Waals surface area contributed by atoms with Gasteiger partial charge in [-0.15, -0.1) is 0 Å². The van der Waals surface area contributed by atoms with Gasteiger partial charge in [0.2, 0.25) is 0 Å². The number of halogens is 1. The van der Waals surface area contributed by atoms with Crippen molar-refractivity contribution in [3.8, 4) is 5.75 Å². The van der Waals surface area contributed by atoms with Crippen LogP contribution < -0.4 is 10.1 Å². The first-order valence-corrected chi connectivity index (χ1v) is 7.32. The first kappa shape index (κ1) is 12.7. The van der Waals surface area contributed by atoms with Crippen LogP contribution in [-0.2, 0) is 6.54 Å². The smallest absolute Gasteiger partial charge is 0.119 e.